The molecule has 0 bridgehead atoms. The zero-order valence-corrected chi connectivity index (χ0v) is 10.6. The first-order chi connectivity index (χ1) is 8.67. The lowest BCUT2D eigenvalue weighted by molar-refractivity contribution is -0.141. The maximum atomic E-state index is 12.5. The fraction of sp³-hybridized carbons (Fsp3) is 0.500. The molecule has 1 aliphatic heterocycles. The number of aromatic nitrogens is 1. The smallest absolute Gasteiger partial charge is 0.396 e. The maximum absolute atomic E-state index is 12.5. The van der Waals surface area contributed by atoms with Crippen LogP contribution in [0.25, 0.3) is 0 Å². The zero-order valence-electron chi connectivity index (χ0n) is 9.74. The number of halogens is 3. The van der Waals surface area contributed by atoms with Crippen molar-refractivity contribution >= 4 is 21.2 Å². The number of sulfone groups is 1. The van der Waals surface area contributed by atoms with Crippen molar-refractivity contribution < 1.29 is 21.6 Å². The van der Waals surface area contributed by atoms with Crippen molar-refractivity contribution in [3.05, 3.63) is 18.0 Å². The SMILES string of the molecule is Nc1cnc(C(F)(F)F)cc1NC1CCS(=O)(=O)C1. The summed E-state index contributed by atoms with van der Waals surface area (Å²) in [5.41, 5.74) is 4.58. The van der Waals surface area contributed by atoms with Gasteiger partial charge in [-0.25, -0.2) is 13.4 Å². The first kappa shape index (κ1) is 13.9. The molecule has 1 atom stereocenters. The van der Waals surface area contributed by atoms with Gasteiger partial charge in [-0.2, -0.15) is 13.2 Å². The lowest BCUT2D eigenvalue weighted by Gasteiger charge is -2.16. The Bertz CT molecular complexity index is 586. The summed E-state index contributed by atoms with van der Waals surface area (Å²) in [6.45, 7) is 0. The van der Waals surface area contributed by atoms with Gasteiger partial charge >= 0.3 is 6.18 Å². The monoisotopic (exact) mass is 295 g/mol. The van der Waals surface area contributed by atoms with Crippen LogP contribution in [0.4, 0.5) is 24.5 Å². The lowest BCUT2D eigenvalue weighted by atomic mass is 10.2. The van der Waals surface area contributed by atoms with Crippen LogP contribution in [0, 0.1) is 0 Å². The third kappa shape index (κ3) is 3.28. The number of alkyl halides is 3. The van der Waals surface area contributed by atoms with E-state index in [0.717, 1.165) is 12.3 Å². The number of hydrogen-bond donors (Lipinski definition) is 2. The van der Waals surface area contributed by atoms with E-state index in [1.807, 2.05) is 0 Å². The molecule has 5 nitrogen and oxygen atoms in total. The third-order valence-electron chi connectivity index (χ3n) is 2.82. The molecule has 2 heterocycles. The average molecular weight is 295 g/mol. The average Bonchev–Trinajstić information content (AvgIpc) is 2.60. The van der Waals surface area contributed by atoms with E-state index in [1.165, 1.54) is 0 Å². The summed E-state index contributed by atoms with van der Waals surface area (Å²) in [4.78, 5) is 3.21. The Morgan fingerprint density at radius 2 is 2.11 bits per heavy atom. The number of nitrogens with zero attached hydrogens (tertiary/aromatic N) is 1. The van der Waals surface area contributed by atoms with Gasteiger partial charge in [0.1, 0.15) is 5.69 Å². The van der Waals surface area contributed by atoms with Crippen LogP contribution in [-0.2, 0) is 16.0 Å². The van der Waals surface area contributed by atoms with Crippen molar-refractivity contribution in [3.8, 4) is 0 Å². The Balaban J connectivity index is 2.21. The molecule has 0 amide bonds. The molecule has 9 heteroatoms. The summed E-state index contributed by atoms with van der Waals surface area (Å²) in [5.74, 6) is -0.0715. The highest BCUT2D eigenvalue weighted by molar-refractivity contribution is 7.91. The third-order valence-corrected chi connectivity index (χ3v) is 4.59. The van der Waals surface area contributed by atoms with Gasteiger partial charge in [0.2, 0.25) is 0 Å². The predicted molar refractivity (Wildman–Crippen MR) is 64.3 cm³/mol. The van der Waals surface area contributed by atoms with Gasteiger partial charge in [-0.05, 0) is 12.5 Å². The second-order valence-corrected chi connectivity index (χ2v) is 6.63. The Morgan fingerprint density at radius 3 is 2.63 bits per heavy atom. The molecule has 1 unspecified atom stereocenters. The van der Waals surface area contributed by atoms with Crippen molar-refractivity contribution in [1.82, 2.24) is 4.98 Å². The van der Waals surface area contributed by atoms with E-state index in [2.05, 4.69) is 10.3 Å². The Labute approximate surface area is 107 Å². The molecule has 0 aliphatic carbocycles. The highest BCUT2D eigenvalue weighted by Gasteiger charge is 2.34. The van der Waals surface area contributed by atoms with Crippen molar-refractivity contribution in [2.75, 3.05) is 22.6 Å². The molecule has 1 aromatic rings. The normalized spacial score (nSPS) is 22.4. The standard InChI is InChI=1S/C10H12F3N3O2S/c11-10(12,13)9-3-8(7(14)4-15-9)16-6-1-2-19(17,18)5-6/h3-4,6H,1-2,5,14H2,(H,15,16). The zero-order chi connectivity index (χ0) is 14.3. The van der Waals surface area contributed by atoms with Gasteiger partial charge in [0, 0.05) is 6.04 Å². The summed E-state index contributed by atoms with van der Waals surface area (Å²) in [5, 5.41) is 2.73. The summed E-state index contributed by atoms with van der Waals surface area (Å²) in [7, 11) is -3.11. The molecule has 1 fully saturated rings. The number of nitrogens with two attached hydrogens (primary N) is 1. The predicted octanol–water partition coefficient (Wildman–Crippen LogP) is 1.28. The molecule has 2 rings (SSSR count). The van der Waals surface area contributed by atoms with Crippen LogP contribution in [0.3, 0.4) is 0 Å². The van der Waals surface area contributed by atoms with Gasteiger partial charge in [0.05, 0.1) is 29.1 Å². The molecule has 19 heavy (non-hydrogen) atoms. The molecule has 1 aromatic heterocycles. The first-order valence-electron chi connectivity index (χ1n) is 5.47. The van der Waals surface area contributed by atoms with Gasteiger partial charge in [-0.1, -0.05) is 0 Å². The number of nitrogens with one attached hydrogen (secondary N) is 1. The fourth-order valence-corrected chi connectivity index (χ4v) is 3.55. The Kier molecular flexibility index (Phi) is 3.33. The summed E-state index contributed by atoms with van der Waals surface area (Å²) >= 11 is 0. The second kappa shape index (κ2) is 4.55. The van der Waals surface area contributed by atoms with Crippen LogP contribution in [0.1, 0.15) is 12.1 Å². The molecule has 0 aromatic carbocycles. The molecule has 0 radical (unpaired) electrons. The first-order valence-corrected chi connectivity index (χ1v) is 7.29. The molecule has 0 saturated carbocycles. The van der Waals surface area contributed by atoms with Crippen LogP contribution in [0.5, 0.6) is 0 Å². The number of pyridine rings is 1. The van der Waals surface area contributed by atoms with Crippen molar-refractivity contribution in [3.63, 3.8) is 0 Å². The van der Waals surface area contributed by atoms with Gasteiger partial charge in [-0.15, -0.1) is 0 Å². The Hall–Kier alpha value is -1.51. The van der Waals surface area contributed by atoms with E-state index in [4.69, 9.17) is 5.73 Å². The molecule has 1 aliphatic rings. The minimum absolute atomic E-state index is 0.0295. The van der Waals surface area contributed by atoms with Crippen LogP contribution >= 0.6 is 0 Å². The highest BCUT2D eigenvalue weighted by Crippen LogP contribution is 2.31. The minimum atomic E-state index is -4.56. The molecule has 0 spiro atoms. The van der Waals surface area contributed by atoms with Crippen LogP contribution < -0.4 is 11.1 Å². The van der Waals surface area contributed by atoms with E-state index in [1.54, 1.807) is 0 Å². The number of anilines is 2. The van der Waals surface area contributed by atoms with Crippen molar-refractivity contribution in [2.45, 2.75) is 18.6 Å². The van der Waals surface area contributed by atoms with E-state index in [-0.39, 0.29) is 22.9 Å². The molecule has 106 valence electrons. The van der Waals surface area contributed by atoms with E-state index >= 15 is 0 Å². The van der Waals surface area contributed by atoms with E-state index < -0.39 is 27.7 Å². The van der Waals surface area contributed by atoms with Gasteiger partial charge in [0.15, 0.2) is 9.84 Å². The van der Waals surface area contributed by atoms with Gasteiger partial charge in [-0.3, -0.25) is 0 Å². The van der Waals surface area contributed by atoms with Gasteiger partial charge < -0.3 is 11.1 Å². The lowest BCUT2D eigenvalue weighted by Crippen LogP contribution is -2.22. The molecular weight excluding hydrogens is 283 g/mol. The Morgan fingerprint density at radius 1 is 1.42 bits per heavy atom. The fourth-order valence-electron chi connectivity index (χ4n) is 1.87. The highest BCUT2D eigenvalue weighted by atomic mass is 32.2. The number of nitrogen functional groups attached to an aromatic ring is 1. The van der Waals surface area contributed by atoms with Crippen LogP contribution in [0.15, 0.2) is 12.3 Å². The van der Waals surface area contributed by atoms with Gasteiger partial charge in [0.25, 0.3) is 0 Å². The maximum Gasteiger partial charge on any atom is 0.433 e. The quantitative estimate of drug-likeness (QED) is 0.858. The van der Waals surface area contributed by atoms with Crippen LogP contribution in [0.2, 0.25) is 0 Å². The largest absolute Gasteiger partial charge is 0.433 e. The second-order valence-electron chi connectivity index (χ2n) is 4.40. The molecule has 3 N–H and O–H groups in total. The molecular formula is C10H12F3N3O2S. The summed E-state index contributed by atoms with van der Waals surface area (Å²) in [6, 6.07) is 0.371. The topological polar surface area (TPSA) is 85.1 Å². The molecule has 1 saturated heterocycles. The van der Waals surface area contributed by atoms with Crippen LogP contribution in [-0.4, -0.2) is 30.9 Å². The number of rotatable bonds is 2. The summed E-state index contributed by atoms with van der Waals surface area (Å²) < 4.78 is 60.1. The van der Waals surface area contributed by atoms with E-state index in [9.17, 15) is 21.6 Å². The summed E-state index contributed by atoms with van der Waals surface area (Å²) in [6.07, 6.45) is -3.30. The minimum Gasteiger partial charge on any atom is -0.396 e. The van der Waals surface area contributed by atoms with E-state index in [0.29, 0.717) is 6.42 Å². The van der Waals surface area contributed by atoms with Crippen molar-refractivity contribution in [2.24, 2.45) is 0 Å². The van der Waals surface area contributed by atoms with Crippen molar-refractivity contribution in [1.29, 1.82) is 0 Å². The number of hydrogen-bond acceptors (Lipinski definition) is 5.